The largest absolute Gasteiger partial charge is 0.486 e. The van der Waals surface area contributed by atoms with Gasteiger partial charge in [-0.25, -0.2) is 4.79 Å². The van der Waals surface area contributed by atoms with Crippen LogP contribution in [0.25, 0.3) is 22.1 Å². The first-order valence-corrected chi connectivity index (χ1v) is 8.19. The highest BCUT2D eigenvalue weighted by atomic mass is 16.6. The predicted molar refractivity (Wildman–Crippen MR) is 95.0 cm³/mol. The summed E-state index contributed by atoms with van der Waals surface area (Å²) in [4.78, 5) is 23.8. The molecule has 0 spiro atoms. The summed E-state index contributed by atoms with van der Waals surface area (Å²) in [6.07, 6.45) is 0. The van der Waals surface area contributed by atoms with Gasteiger partial charge in [-0.3, -0.25) is 4.79 Å². The van der Waals surface area contributed by atoms with Crippen molar-refractivity contribution in [2.75, 3.05) is 13.2 Å². The molecule has 1 aliphatic rings. The van der Waals surface area contributed by atoms with Gasteiger partial charge in [-0.05, 0) is 48.4 Å². The lowest BCUT2D eigenvalue weighted by atomic mass is 9.99. The summed E-state index contributed by atoms with van der Waals surface area (Å²) in [5, 5.41) is 0.702. The van der Waals surface area contributed by atoms with Gasteiger partial charge in [0.05, 0.1) is 5.56 Å². The maximum absolute atomic E-state index is 12.6. The van der Waals surface area contributed by atoms with Crippen LogP contribution in [0, 0.1) is 6.92 Å². The van der Waals surface area contributed by atoms with Gasteiger partial charge in [0.15, 0.2) is 11.5 Å². The Balaban J connectivity index is 1.89. The fraction of sp³-hybridized carbons (Fsp3) is 0.200. The molecule has 0 unspecified atom stereocenters. The zero-order valence-electron chi connectivity index (χ0n) is 14.3. The van der Waals surface area contributed by atoms with Gasteiger partial charge in [-0.1, -0.05) is 6.07 Å². The second-order valence-electron chi connectivity index (χ2n) is 6.00. The average molecular weight is 352 g/mol. The van der Waals surface area contributed by atoms with Crippen molar-refractivity contribution in [3.05, 3.63) is 52.4 Å². The fourth-order valence-electron chi connectivity index (χ4n) is 3.09. The molecule has 0 fully saturated rings. The van der Waals surface area contributed by atoms with E-state index in [1.807, 2.05) is 6.92 Å². The van der Waals surface area contributed by atoms with Gasteiger partial charge in [-0.2, -0.15) is 0 Å². The highest BCUT2D eigenvalue weighted by molar-refractivity contribution is 5.88. The minimum absolute atomic E-state index is 0.398. The molecule has 1 aliphatic heterocycles. The van der Waals surface area contributed by atoms with E-state index in [9.17, 15) is 9.59 Å². The van der Waals surface area contributed by atoms with Crippen LogP contribution >= 0.6 is 0 Å². The van der Waals surface area contributed by atoms with Crippen molar-refractivity contribution in [2.24, 2.45) is 0 Å². The lowest BCUT2D eigenvalue weighted by Gasteiger charge is -2.19. The molecule has 0 aliphatic carbocycles. The first kappa shape index (κ1) is 16.2. The number of carbonyl (C=O) groups is 1. The van der Waals surface area contributed by atoms with Crippen LogP contribution in [-0.2, 0) is 4.79 Å². The van der Waals surface area contributed by atoms with Gasteiger partial charge in [0.1, 0.15) is 24.5 Å². The lowest BCUT2D eigenvalue weighted by molar-refractivity contribution is -0.131. The third kappa shape index (κ3) is 2.79. The van der Waals surface area contributed by atoms with Crippen LogP contribution < -0.4 is 19.8 Å². The van der Waals surface area contributed by atoms with E-state index in [1.165, 1.54) is 6.92 Å². The molecule has 0 N–H and O–H groups in total. The van der Waals surface area contributed by atoms with E-state index < -0.39 is 11.6 Å². The van der Waals surface area contributed by atoms with E-state index in [2.05, 4.69) is 0 Å². The van der Waals surface area contributed by atoms with E-state index in [0.717, 1.165) is 5.56 Å². The minimum atomic E-state index is -0.438. The molecule has 0 atom stereocenters. The third-order valence-electron chi connectivity index (χ3n) is 4.23. The number of aryl methyl sites for hydroxylation is 1. The van der Waals surface area contributed by atoms with Crippen molar-refractivity contribution < 1.29 is 23.4 Å². The standard InChI is InChI=1S/C20H16O6/c1-11-15-10-14(25-12(2)21)4-6-16(15)26-20(22)19(11)13-3-5-17-18(9-13)24-8-7-23-17/h3-6,9-10H,7-8H2,1-2H3. The number of rotatable bonds is 2. The van der Waals surface area contributed by atoms with Crippen molar-refractivity contribution in [1.29, 1.82) is 0 Å². The molecule has 0 saturated carbocycles. The van der Waals surface area contributed by atoms with Crippen molar-refractivity contribution in [3.8, 4) is 28.4 Å². The molecule has 0 saturated heterocycles. The Hall–Kier alpha value is -3.28. The van der Waals surface area contributed by atoms with Crippen molar-refractivity contribution in [1.82, 2.24) is 0 Å². The maximum Gasteiger partial charge on any atom is 0.344 e. The fourth-order valence-corrected chi connectivity index (χ4v) is 3.09. The van der Waals surface area contributed by atoms with E-state index in [0.29, 0.717) is 52.6 Å². The Kier molecular flexibility index (Phi) is 3.88. The third-order valence-corrected chi connectivity index (χ3v) is 4.23. The number of ether oxygens (including phenoxy) is 3. The van der Waals surface area contributed by atoms with Crippen LogP contribution in [-0.4, -0.2) is 19.2 Å². The van der Waals surface area contributed by atoms with Gasteiger partial charge < -0.3 is 18.6 Å². The first-order chi connectivity index (χ1) is 12.5. The number of hydrogen-bond donors (Lipinski definition) is 0. The molecule has 2 heterocycles. The number of hydrogen-bond acceptors (Lipinski definition) is 6. The van der Waals surface area contributed by atoms with Gasteiger partial charge in [0.25, 0.3) is 0 Å². The zero-order chi connectivity index (χ0) is 18.3. The van der Waals surface area contributed by atoms with Gasteiger partial charge >= 0.3 is 11.6 Å². The normalized spacial score (nSPS) is 12.8. The molecular formula is C20H16O6. The first-order valence-electron chi connectivity index (χ1n) is 8.19. The molecule has 0 bridgehead atoms. The summed E-state index contributed by atoms with van der Waals surface area (Å²) >= 11 is 0. The smallest absolute Gasteiger partial charge is 0.344 e. The van der Waals surface area contributed by atoms with E-state index >= 15 is 0 Å². The highest BCUT2D eigenvalue weighted by Crippen LogP contribution is 2.36. The van der Waals surface area contributed by atoms with Gasteiger partial charge in [0, 0.05) is 12.3 Å². The van der Waals surface area contributed by atoms with Gasteiger partial charge in [-0.15, -0.1) is 0 Å². The summed E-state index contributed by atoms with van der Waals surface area (Å²) in [6, 6.07) is 10.3. The van der Waals surface area contributed by atoms with Gasteiger partial charge in [0.2, 0.25) is 0 Å². The molecular weight excluding hydrogens is 336 g/mol. The second-order valence-corrected chi connectivity index (χ2v) is 6.00. The quantitative estimate of drug-likeness (QED) is 0.399. The Bertz CT molecular complexity index is 1080. The van der Waals surface area contributed by atoms with Crippen LogP contribution in [0.5, 0.6) is 17.2 Å². The summed E-state index contributed by atoms with van der Waals surface area (Å²) in [5.41, 5.74) is 1.85. The molecule has 6 nitrogen and oxygen atoms in total. The summed E-state index contributed by atoms with van der Waals surface area (Å²) in [5.74, 6) is 1.24. The molecule has 6 heteroatoms. The van der Waals surface area contributed by atoms with Crippen molar-refractivity contribution in [2.45, 2.75) is 13.8 Å². The molecule has 0 radical (unpaired) electrons. The lowest BCUT2D eigenvalue weighted by Crippen LogP contribution is -2.15. The number of carbonyl (C=O) groups excluding carboxylic acids is 1. The molecule has 1 aromatic heterocycles. The van der Waals surface area contributed by atoms with Crippen LogP contribution in [0.2, 0.25) is 0 Å². The second kappa shape index (κ2) is 6.22. The highest BCUT2D eigenvalue weighted by Gasteiger charge is 2.18. The Labute approximate surface area is 148 Å². The monoisotopic (exact) mass is 352 g/mol. The van der Waals surface area contributed by atoms with Crippen LogP contribution in [0.15, 0.2) is 45.6 Å². The SMILES string of the molecule is CC(=O)Oc1ccc2oc(=O)c(-c3ccc4c(c3)OCCO4)c(C)c2c1. The summed E-state index contributed by atoms with van der Waals surface area (Å²) in [6.45, 7) is 4.14. The average Bonchev–Trinajstić information content (AvgIpc) is 2.62. The molecule has 26 heavy (non-hydrogen) atoms. The summed E-state index contributed by atoms with van der Waals surface area (Å²) in [7, 11) is 0. The summed E-state index contributed by atoms with van der Waals surface area (Å²) < 4.78 is 21.7. The molecule has 2 aromatic carbocycles. The van der Waals surface area contributed by atoms with Crippen LogP contribution in [0.4, 0.5) is 0 Å². The molecule has 4 rings (SSSR count). The number of esters is 1. The molecule has 3 aromatic rings. The van der Waals surface area contributed by atoms with Crippen LogP contribution in [0.1, 0.15) is 12.5 Å². The maximum atomic E-state index is 12.6. The predicted octanol–water partition coefficient (Wildman–Crippen LogP) is 3.46. The Morgan fingerprint density at radius 1 is 1.04 bits per heavy atom. The molecule has 132 valence electrons. The van der Waals surface area contributed by atoms with Crippen LogP contribution in [0.3, 0.4) is 0 Å². The number of fused-ring (bicyclic) bond motifs is 2. The topological polar surface area (TPSA) is 75.0 Å². The van der Waals surface area contributed by atoms with E-state index in [4.69, 9.17) is 18.6 Å². The van der Waals surface area contributed by atoms with Crippen molar-refractivity contribution in [3.63, 3.8) is 0 Å². The number of benzene rings is 2. The Morgan fingerprint density at radius 2 is 1.81 bits per heavy atom. The van der Waals surface area contributed by atoms with E-state index in [-0.39, 0.29) is 0 Å². The minimum Gasteiger partial charge on any atom is -0.486 e. The van der Waals surface area contributed by atoms with Crippen molar-refractivity contribution >= 4 is 16.9 Å². The molecule has 0 amide bonds. The van der Waals surface area contributed by atoms with E-state index in [1.54, 1.807) is 36.4 Å². The Morgan fingerprint density at radius 3 is 2.58 bits per heavy atom. The zero-order valence-corrected chi connectivity index (χ0v) is 14.3.